The molecule has 0 aromatic carbocycles. The molecule has 0 aromatic rings. The van der Waals surface area contributed by atoms with E-state index in [1.54, 1.807) is 0 Å². The largest absolute Gasteiger partial charge is 0.390 e. The molecule has 0 saturated carbocycles. The summed E-state index contributed by atoms with van der Waals surface area (Å²) >= 11 is 0. The second-order valence-electron chi connectivity index (χ2n) is 3.69. The maximum Gasteiger partial charge on any atom is 0.187 e. The topological polar surface area (TPSA) is 18.5 Å². The second-order valence-corrected chi connectivity index (χ2v) is 8.15. The summed E-state index contributed by atoms with van der Waals surface area (Å²) in [6, 6.07) is 0. The van der Waals surface area contributed by atoms with Crippen LogP contribution >= 0.6 is 0 Å². The van der Waals surface area contributed by atoms with Gasteiger partial charge in [0.2, 0.25) is 0 Å². The molecule has 0 aliphatic carbocycles. The highest BCUT2D eigenvalue weighted by Gasteiger charge is 2.20. The molecule has 0 spiro atoms. The molecular formula is C8H16O2Si. The second kappa shape index (κ2) is 3.52. The van der Waals surface area contributed by atoms with E-state index in [2.05, 4.69) is 25.7 Å². The first-order valence-corrected chi connectivity index (χ1v) is 7.45. The third-order valence-corrected chi connectivity index (χ3v) is 2.27. The Hall–Kier alpha value is -0.123. The third kappa shape index (κ3) is 3.70. The van der Waals surface area contributed by atoms with Crippen molar-refractivity contribution < 1.29 is 9.16 Å². The van der Waals surface area contributed by atoms with Crippen LogP contribution in [0.4, 0.5) is 0 Å². The first kappa shape index (κ1) is 8.97. The fraction of sp³-hybridized carbons (Fsp3) is 0.750. The predicted molar refractivity (Wildman–Crippen MR) is 47.9 cm³/mol. The number of hydrogen-bond acceptors (Lipinski definition) is 2. The van der Waals surface area contributed by atoms with Crippen molar-refractivity contribution in [3.05, 3.63) is 12.2 Å². The molecular weight excluding hydrogens is 156 g/mol. The molecule has 0 bridgehead atoms. The minimum absolute atomic E-state index is 0.0737. The van der Waals surface area contributed by atoms with E-state index in [1.807, 2.05) is 6.08 Å². The molecule has 3 heteroatoms. The van der Waals surface area contributed by atoms with Crippen LogP contribution < -0.4 is 0 Å². The lowest BCUT2D eigenvalue weighted by Gasteiger charge is -2.25. The Morgan fingerprint density at radius 1 is 1.45 bits per heavy atom. The normalized spacial score (nSPS) is 25.5. The molecule has 0 saturated heterocycles. The molecule has 1 atom stereocenters. The molecule has 1 aliphatic rings. The fourth-order valence-corrected chi connectivity index (χ4v) is 1.78. The van der Waals surface area contributed by atoms with Crippen molar-refractivity contribution in [2.75, 3.05) is 6.61 Å². The van der Waals surface area contributed by atoms with Crippen LogP contribution in [0.3, 0.4) is 0 Å². The Balaban J connectivity index is 2.36. The average molecular weight is 172 g/mol. The minimum atomic E-state index is -1.42. The molecule has 11 heavy (non-hydrogen) atoms. The maximum absolute atomic E-state index is 5.71. The summed E-state index contributed by atoms with van der Waals surface area (Å²) in [5, 5.41) is 0. The van der Waals surface area contributed by atoms with E-state index in [-0.39, 0.29) is 6.29 Å². The van der Waals surface area contributed by atoms with Crippen LogP contribution in [0.5, 0.6) is 0 Å². The van der Waals surface area contributed by atoms with Gasteiger partial charge in [-0.3, -0.25) is 0 Å². The lowest BCUT2D eigenvalue weighted by Crippen LogP contribution is -2.33. The fourth-order valence-electron chi connectivity index (χ4n) is 0.937. The zero-order valence-electron chi connectivity index (χ0n) is 7.46. The summed E-state index contributed by atoms with van der Waals surface area (Å²) in [7, 11) is -1.42. The maximum atomic E-state index is 5.71. The molecule has 0 aromatic heterocycles. The quantitative estimate of drug-likeness (QED) is 0.469. The van der Waals surface area contributed by atoms with Crippen LogP contribution in [0.15, 0.2) is 12.2 Å². The molecule has 64 valence electrons. The molecule has 0 amide bonds. The van der Waals surface area contributed by atoms with Crippen molar-refractivity contribution in [1.82, 2.24) is 0 Å². The van der Waals surface area contributed by atoms with Crippen LogP contribution in [0.25, 0.3) is 0 Å². The summed E-state index contributed by atoms with van der Waals surface area (Å²) in [5.41, 5.74) is 0. The minimum Gasteiger partial charge on any atom is -0.390 e. The van der Waals surface area contributed by atoms with Crippen LogP contribution in [0.2, 0.25) is 19.6 Å². The van der Waals surface area contributed by atoms with E-state index in [4.69, 9.17) is 9.16 Å². The standard InChI is InChI=1S/C8H16O2Si/c1-11(2,3)10-8-6-4-5-7-9-8/h4,6,8H,5,7H2,1-3H3. The van der Waals surface area contributed by atoms with Crippen LogP contribution in [-0.4, -0.2) is 21.2 Å². The summed E-state index contributed by atoms with van der Waals surface area (Å²) in [5.74, 6) is 0. The zero-order chi connectivity index (χ0) is 8.32. The van der Waals surface area contributed by atoms with Gasteiger partial charge in [-0.1, -0.05) is 6.08 Å². The van der Waals surface area contributed by atoms with Gasteiger partial charge in [-0.15, -0.1) is 0 Å². The van der Waals surface area contributed by atoms with E-state index in [0.717, 1.165) is 13.0 Å². The monoisotopic (exact) mass is 172 g/mol. The molecule has 1 unspecified atom stereocenters. The average Bonchev–Trinajstić information content (AvgIpc) is 1.85. The smallest absolute Gasteiger partial charge is 0.187 e. The van der Waals surface area contributed by atoms with Crippen molar-refractivity contribution in [2.45, 2.75) is 32.4 Å². The van der Waals surface area contributed by atoms with Crippen molar-refractivity contribution in [3.63, 3.8) is 0 Å². The lowest BCUT2D eigenvalue weighted by atomic mass is 10.3. The van der Waals surface area contributed by atoms with Crippen molar-refractivity contribution in [3.8, 4) is 0 Å². The van der Waals surface area contributed by atoms with Gasteiger partial charge in [-0.2, -0.15) is 0 Å². The molecule has 1 rings (SSSR count). The molecule has 2 nitrogen and oxygen atoms in total. The third-order valence-electron chi connectivity index (χ3n) is 1.33. The van der Waals surface area contributed by atoms with Crippen LogP contribution in [-0.2, 0) is 9.16 Å². The van der Waals surface area contributed by atoms with E-state index < -0.39 is 8.32 Å². The van der Waals surface area contributed by atoms with E-state index in [0.29, 0.717) is 0 Å². The van der Waals surface area contributed by atoms with Crippen molar-refractivity contribution >= 4 is 8.32 Å². The number of rotatable bonds is 2. The van der Waals surface area contributed by atoms with Gasteiger partial charge >= 0.3 is 0 Å². The van der Waals surface area contributed by atoms with Gasteiger partial charge < -0.3 is 9.16 Å². The molecule has 0 N–H and O–H groups in total. The Morgan fingerprint density at radius 2 is 2.18 bits per heavy atom. The molecule has 1 aliphatic heterocycles. The molecule has 0 radical (unpaired) electrons. The van der Waals surface area contributed by atoms with E-state index in [9.17, 15) is 0 Å². The van der Waals surface area contributed by atoms with Gasteiger partial charge in [0.05, 0.1) is 6.61 Å². The Bertz CT molecular complexity index is 149. The van der Waals surface area contributed by atoms with Crippen LogP contribution in [0.1, 0.15) is 6.42 Å². The predicted octanol–water partition coefficient (Wildman–Crippen LogP) is 2.14. The zero-order valence-corrected chi connectivity index (χ0v) is 8.46. The van der Waals surface area contributed by atoms with Gasteiger partial charge in [0, 0.05) is 0 Å². The first-order chi connectivity index (χ1) is 5.08. The van der Waals surface area contributed by atoms with Gasteiger partial charge in [-0.05, 0) is 32.1 Å². The highest BCUT2D eigenvalue weighted by molar-refractivity contribution is 6.69. The highest BCUT2D eigenvalue weighted by atomic mass is 28.4. The van der Waals surface area contributed by atoms with Gasteiger partial charge in [0.15, 0.2) is 14.6 Å². The molecule has 1 heterocycles. The van der Waals surface area contributed by atoms with E-state index in [1.165, 1.54) is 0 Å². The van der Waals surface area contributed by atoms with Gasteiger partial charge in [0.1, 0.15) is 0 Å². The van der Waals surface area contributed by atoms with Crippen molar-refractivity contribution in [1.29, 1.82) is 0 Å². The first-order valence-electron chi connectivity index (χ1n) is 4.04. The SMILES string of the molecule is C[Si](C)(C)OC1C=CCCO1. The lowest BCUT2D eigenvalue weighted by molar-refractivity contribution is -0.0557. The van der Waals surface area contributed by atoms with Gasteiger partial charge in [0.25, 0.3) is 0 Å². The van der Waals surface area contributed by atoms with Gasteiger partial charge in [-0.25, -0.2) is 0 Å². The summed E-state index contributed by atoms with van der Waals surface area (Å²) in [6.07, 6.45) is 5.07. The van der Waals surface area contributed by atoms with Crippen molar-refractivity contribution in [2.24, 2.45) is 0 Å². The summed E-state index contributed by atoms with van der Waals surface area (Å²) < 4.78 is 11.1. The van der Waals surface area contributed by atoms with Crippen LogP contribution in [0, 0.1) is 0 Å². The number of hydrogen-bond donors (Lipinski definition) is 0. The van der Waals surface area contributed by atoms with E-state index >= 15 is 0 Å². The molecule has 0 fully saturated rings. The summed E-state index contributed by atoms with van der Waals surface area (Å²) in [4.78, 5) is 0. The highest BCUT2D eigenvalue weighted by Crippen LogP contribution is 2.12. The summed E-state index contributed by atoms with van der Waals surface area (Å²) in [6.45, 7) is 7.29. The number of ether oxygens (including phenoxy) is 1. The Morgan fingerprint density at radius 3 is 2.64 bits per heavy atom. The Kier molecular flexibility index (Phi) is 2.87. The Labute approximate surface area is 69.3 Å².